The van der Waals surface area contributed by atoms with Gasteiger partial charge in [0.2, 0.25) is 0 Å². The fourth-order valence-electron chi connectivity index (χ4n) is 1.77. The van der Waals surface area contributed by atoms with Crippen LogP contribution in [0, 0.1) is 24.0 Å². The first-order valence-electron chi connectivity index (χ1n) is 5.94. The quantitative estimate of drug-likeness (QED) is 0.612. The molecule has 6 nitrogen and oxygen atoms in total. The Bertz CT molecular complexity index is 575. The molecule has 1 aromatic carbocycles. The molecule has 0 spiro atoms. The van der Waals surface area contributed by atoms with E-state index in [0.717, 1.165) is 11.3 Å². The summed E-state index contributed by atoms with van der Waals surface area (Å²) in [5.74, 6) is 1.36. The first-order valence-corrected chi connectivity index (χ1v) is 5.94. The second-order valence-corrected chi connectivity index (χ2v) is 4.23. The van der Waals surface area contributed by atoms with Crippen molar-refractivity contribution in [2.45, 2.75) is 20.4 Å². The van der Waals surface area contributed by atoms with E-state index in [1.165, 1.54) is 10.8 Å². The van der Waals surface area contributed by atoms with E-state index in [1.54, 1.807) is 6.92 Å². The first-order chi connectivity index (χ1) is 9.08. The second kappa shape index (κ2) is 5.51. The third kappa shape index (κ3) is 3.09. The molecule has 0 unspecified atom stereocenters. The van der Waals surface area contributed by atoms with Gasteiger partial charge in [-0.2, -0.15) is 0 Å². The molecule has 0 radical (unpaired) electrons. The molecule has 100 valence electrons. The molecule has 0 aliphatic heterocycles. The molecule has 0 amide bonds. The molecule has 0 atom stereocenters. The van der Waals surface area contributed by atoms with Crippen LogP contribution in [0.1, 0.15) is 11.4 Å². The molecular weight excluding hydrogens is 246 g/mol. The average molecular weight is 261 g/mol. The van der Waals surface area contributed by atoms with E-state index in [-0.39, 0.29) is 5.82 Å². The Labute approximate surface area is 110 Å². The van der Waals surface area contributed by atoms with Crippen LogP contribution in [0.4, 0.5) is 5.82 Å². The Hall–Kier alpha value is -2.37. The van der Waals surface area contributed by atoms with Crippen molar-refractivity contribution in [1.29, 1.82) is 0 Å². The molecule has 0 aliphatic rings. The summed E-state index contributed by atoms with van der Waals surface area (Å²) in [6.45, 7) is 4.50. The molecule has 0 bridgehead atoms. The summed E-state index contributed by atoms with van der Waals surface area (Å²) in [4.78, 5) is 14.3. The van der Waals surface area contributed by atoms with Crippen molar-refractivity contribution in [2.24, 2.45) is 0 Å². The van der Waals surface area contributed by atoms with E-state index < -0.39 is 4.92 Å². The summed E-state index contributed by atoms with van der Waals surface area (Å²) in [5, 5.41) is 10.8. The number of ether oxygens (including phenoxy) is 1. The molecule has 6 heteroatoms. The molecule has 1 aromatic heterocycles. The number of nitrogens with zero attached hydrogens (tertiary/aromatic N) is 3. The van der Waals surface area contributed by atoms with Crippen LogP contribution in [0.3, 0.4) is 0 Å². The number of aromatic nitrogens is 2. The summed E-state index contributed by atoms with van der Waals surface area (Å²) in [6.07, 6.45) is 1.27. The first kappa shape index (κ1) is 13.1. The standard InChI is InChI=1S/C13H15N3O3/c1-10-3-5-12(6-4-10)19-8-7-15-11(2)14-9-13(15)16(17)18/h3-6,9H,7-8H2,1-2H3. The molecule has 1 heterocycles. The highest BCUT2D eigenvalue weighted by atomic mass is 16.6. The van der Waals surface area contributed by atoms with Crippen LogP contribution in [0.2, 0.25) is 0 Å². The number of imidazole rings is 1. The third-order valence-electron chi connectivity index (χ3n) is 2.83. The van der Waals surface area contributed by atoms with E-state index >= 15 is 0 Å². The molecule has 19 heavy (non-hydrogen) atoms. The smallest absolute Gasteiger partial charge is 0.342 e. The normalized spacial score (nSPS) is 10.4. The largest absolute Gasteiger partial charge is 0.489 e. The minimum atomic E-state index is -0.439. The van der Waals surface area contributed by atoms with Gasteiger partial charge in [-0.15, -0.1) is 0 Å². The highest BCUT2D eigenvalue weighted by molar-refractivity contribution is 5.26. The predicted molar refractivity (Wildman–Crippen MR) is 70.3 cm³/mol. The third-order valence-corrected chi connectivity index (χ3v) is 2.83. The van der Waals surface area contributed by atoms with Gasteiger partial charge in [0.15, 0.2) is 5.82 Å². The lowest BCUT2D eigenvalue weighted by molar-refractivity contribution is -0.392. The van der Waals surface area contributed by atoms with Gasteiger partial charge in [-0.3, -0.25) is 0 Å². The Morgan fingerprint density at radius 1 is 1.32 bits per heavy atom. The molecular formula is C13H15N3O3. The maximum absolute atomic E-state index is 10.8. The Morgan fingerprint density at radius 3 is 2.63 bits per heavy atom. The summed E-state index contributed by atoms with van der Waals surface area (Å²) >= 11 is 0. The number of aryl methyl sites for hydroxylation is 2. The molecule has 0 aliphatic carbocycles. The van der Waals surface area contributed by atoms with E-state index in [2.05, 4.69) is 4.98 Å². The van der Waals surface area contributed by atoms with Crippen LogP contribution in [-0.2, 0) is 6.54 Å². The molecule has 0 N–H and O–H groups in total. The van der Waals surface area contributed by atoms with Gasteiger partial charge in [0.05, 0.1) is 0 Å². The van der Waals surface area contributed by atoms with Crippen LogP contribution in [-0.4, -0.2) is 21.1 Å². The lowest BCUT2D eigenvalue weighted by Gasteiger charge is -2.06. The number of benzene rings is 1. The molecule has 0 fully saturated rings. The fourth-order valence-corrected chi connectivity index (χ4v) is 1.77. The lowest BCUT2D eigenvalue weighted by atomic mass is 10.2. The van der Waals surface area contributed by atoms with Crippen LogP contribution in [0.25, 0.3) is 0 Å². The number of hydrogen-bond donors (Lipinski definition) is 0. The molecule has 2 rings (SSSR count). The highest BCUT2D eigenvalue weighted by Gasteiger charge is 2.16. The summed E-state index contributed by atoms with van der Waals surface area (Å²) in [7, 11) is 0. The van der Waals surface area contributed by atoms with Gasteiger partial charge in [0, 0.05) is 6.92 Å². The zero-order valence-electron chi connectivity index (χ0n) is 10.9. The maximum atomic E-state index is 10.8. The van der Waals surface area contributed by atoms with Crippen molar-refractivity contribution in [3.05, 3.63) is 52.0 Å². The van der Waals surface area contributed by atoms with Crippen molar-refractivity contribution >= 4 is 5.82 Å². The van der Waals surface area contributed by atoms with Gasteiger partial charge >= 0.3 is 5.82 Å². The van der Waals surface area contributed by atoms with Crippen LogP contribution >= 0.6 is 0 Å². The average Bonchev–Trinajstić information content (AvgIpc) is 2.74. The van der Waals surface area contributed by atoms with Crippen LogP contribution in [0.15, 0.2) is 30.5 Å². The summed E-state index contributed by atoms with van der Waals surface area (Å²) < 4.78 is 7.09. The van der Waals surface area contributed by atoms with E-state index in [1.807, 2.05) is 31.2 Å². The van der Waals surface area contributed by atoms with E-state index in [9.17, 15) is 10.1 Å². The summed E-state index contributed by atoms with van der Waals surface area (Å²) in [5.41, 5.74) is 1.16. The fraction of sp³-hybridized carbons (Fsp3) is 0.308. The van der Waals surface area contributed by atoms with Gasteiger partial charge in [-0.1, -0.05) is 17.7 Å². The van der Waals surface area contributed by atoms with Gasteiger partial charge in [0.1, 0.15) is 25.1 Å². The zero-order chi connectivity index (χ0) is 13.8. The van der Waals surface area contributed by atoms with Crippen molar-refractivity contribution in [3.8, 4) is 5.75 Å². The number of nitro groups is 1. The van der Waals surface area contributed by atoms with Crippen molar-refractivity contribution in [2.75, 3.05) is 6.61 Å². The monoisotopic (exact) mass is 261 g/mol. The van der Waals surface area contributed by atoms with Gasteiger partial charge in [-0.05, 0) is 24.0 Å². The maximum Gasteiger partial charge on any atom is 0.342 e. The van der Waals surface area contributed by atoms with E-state index in [0.29, 0.717) is 19.0 Å². The minimum absolute atomic E-state index is 0.00925. The van der Waals surface area contributed by atoms with Gasteiger partial charge < -0.3 is 14.9 Å². The minimum Gasteiger partial charge on any atom is -0.489 e. The van der Waals surface area contributed by atoms with Gasteiger partial charge in [-0.25, -0.2) is 9.55 Å². The molecule has 2 aromatic rings. The lowest BCUT2D eigenvalue weighted by Crippen LogP contribution is -2.11. The molecule has 0 saturated carbocycles. The topological polar surface area (TPSA) is 70.2 Å². The Kier molecular flexibility index (Phi) is 3.79. The Balaban J connectivity index is 1.97. The predicted octanol–water partition coefficient (Wildman–Crippen LogP) is 2.49. The second-order valence-electron chi connectivity index (χ2n) is 4.23. The number of hydrogen-bond acceptors (Lipinski definition) is 4. The zero-order valence-corrected chi connectivity index (χ0v) is 10.9. The van der Waals surface area contributed by atoms with Crippen LogP contribution < -0.4 is 4.74 Å². The Morgan fingerprint density at radius 2 is 2.00 bits per heavy atom. The SMILES string of the molecule is Cc1ccc(OCCn2c([N+](=O)[O-])cnc2C)cc1. The van der Waals surface area contributed by atoms with Crippen molar-refractivity contribution in [1.82, 2.24) is 9.55 Å². The van der Waals surface area contributed by atoms with Crippen molar-refractivity contribution in [3.63, 3.8) is 0 Å². The van der Waals surface area contributed by atoms with Gasteiger partial charge in [0.25, 0.3) is 0 Å². The highest BCUT2D eigenvalue weighted by Crippen LogP contribution is 2.15. The van der Waals surface area contributed by atoms with Crippen LogP contribution in [0.5, 0.6) is 5.75 Å². The van der Waals surface area contributed by atoms with E-state index in [4.69, 9.17) is 4.74 Å². The van der Waals surface area contributed by atoms with Crippen molar-refractivity contribution < 1.29 is 9.66 Å². The summed E-state index contributed by atoms with van der Waals surface area (Å²) in [6, 6.07) is 7.68. The molecule has 0 saturated heterocycles. The number of rotatable bonds is 5.